The van der Waals surface area contributed by atoms with Gasteiger partial charge in [-0.2, -0.15) is 0 Å². The maximum Gasteiger partial charge on any atom is 0.330 e. The third kappa shape index (κ3) is 3.89. The zero-order valence-electron chi connectivity index (χ0n) is 8.40. The van der Waals surface area contributed by atoms with Crippen molar-refractivity contribution in [2.45, 2.75) is 31.9 Å². The lowest BCUT2D eigenvalue weighted by atomic mass is 9.90. The van der Waals surface area contributed by atoms with E-state index in [0.29, 0.717) is 19.2 Å². The second-order valence-corrected chi connectivity index (χ2v) is 3.38. The second-order valence-electron chi connectivity index (χ2n) is 3.38. The van der Waals surface area contributed by atoms with Crippen LogP contribution in [0.5, 0.6) is 0 Å². The molecular formula is C10H17NO3. The van der Waals surface area contributed by atoms with E-state index in [9.17, 15) is 4.79 Å². The Labute approximate surface area is 83.9 Å². The summed E-state index contributed by atoms with van der Waals surface area (Å²) in [6.45, 7) is 2.83. The molecule has 0 aliphatic heterocycles. The van der Waals surface area contributed by atoms with Crippen LogP contribution >= 0.6 is 0 Å². The average Bonchev–Trinajstić information content (AvgIpc) is 2.09. The molecule has 4 nitrogen and oxygen atoms in total. The third-order valence-electron chi connectivity index (χ3n) is 2.18. The average molecular weight is 199 g/mol. The minimum absolute atomic E-state index is 0.137. The van der Waals surface area contributed by atoms with Gasteiger partial charge in [0.1, 0.15) is 0 Å². The van der Waals surface area contributed by atoms with E-state index in [1.807, 2.05) is 0 Å². The van der Waals surface area contributed by atoms with Crippen LogP contribution in [0.1, 0.15) is 19.8 Å². The molecule has 14 heavy (non-hydrogen) atoms. The fourth-order valence-electron chi connectivity index (χ4n) is 1.33. The molecule has 0 unspecified atom stereocenters. The van der Waals surface area contributed by atoms with Crippen molar-refractivity contribution in [3.63, 3.8) is 0 Å². The number of esters is 1. The van der Waals surface area contributed by atoms with Crippen molar-refractivity contribution in [2.75, 3.05) is 13.2 Å². The molecule has 0 amide bonds. The van der Waals surface area contributed by atoms with E-state index in [0.717, 1.165) is 12.8 Å². The summed E-state index contributed by atoms with van der Waals surface area (Å²) in [6, 6.07) is 0.400. The summed E-state index contributed by atoms with van der Waals surface area (Å²) in [4.78, 5) is 10.8. The van der Waals surface area contributed by atoms with Crippen LogP contribution in [0.2, 0.25) is 0 Å². The summed E-state index contributed by atoms with van der Waals surface area (Å²) in [5.41, 5.74) is 0. The Bertz CT molecular complexity index is 209. The van der Waals surface area contributed by atoms with E-state index in [4.69, 9.17) is 9.84 Å². The van der Waals surface area contributed by atoms with E-state index < -0.39 is 0 Å². The smallest absolute Gasteiger partial charge is 0.330 e. The van der Waals surface area contributed by atoms with Crippen LogP contribution in [0.25, 0.3) is 0 Å². The first-order valence-electron chi connectivity index (χ1n) is 4.97. The highest BCUT2D eigenvalue weighted by Crippen LogP contribution is 2.18. The van der Waals surface area contributed by atoms with E-state index in [2.05, 4.69) is 5.32 Å². The van der Waals surface area contributed by atoms with E-state index in [-0.39, 0.29) is 12.1 Å². The van der Waals surface area contributed by atoms with Crippen LogP contribution in [0.15, 0.2) is 12.2 Å². The molecule has 0 aromatic heterocycles. The topological polar surface area (TPSA) is 58.6 Å². The van der Waals surface area contributed by atoms with Crippen LogP contribution < -0.4 is 5.32 Å². The third-order valence-corrected chi connectivity index (χ3v) is 2.18. The van der Waals surface area contributed by atoms with Gasteiger partial charge in [-0.05, 0) is 19.8 Å². The summed E-state index contributed by atoms with van der Waals surface area (Å²) >= 11 is 0. The van der Waals surface area contributed by atoms with Crippen molar-refractivity contribution >= 4 is 5.97 Å². The Hall–Kier alpha value is -0.870. The summed E-state index contributed by atoms with van der Waals surface area (Å²) < 4.78 is 4.71. The van der Waals surface area contributed by atoms with E-state index in [1.54, 1.807) is 13.0 Å². The summed E-state index contributed by atoms with van der Waals surface area (Å²) in [7, 11) is 0. The Morgan fingerprint density at radius 1 is 1.64 bits per heavy atom. The van der Waals surface area contributed by atoms with E-state index in [1.165, 1.54) is 6.08 Å². The molecule has 1 fully saturated rings. The lowest BCUT2D eigenvalue weighted by molar-refractivity contribution is -0.137. The summed E-state index contributed by atoms with van der Waals surface area (Å²) in [5, 5.41) is 12.2. The zero-order chi connectivity index (χ0) is 10.4. The molecule has 0 spiro atoms. The Kier molecular flexibility index (Phi) is 4.62. The largest absolute Gasteiger partial charge is 0.463 e. The maximum atomic E-state index is 10.8. The Morgan fingerprint density at radius 2 is 2.36 bits per heavy atom. The van der Waals surface area contributed by atoms with Gasteiger partial charge in [0.15, 0.2) is 0 Å². The normalized spacial score (nSPS) is 26.1. The molecule has 1 aliphatic rings. The van der Waals surface area contributed by atoms with Gasteiger partial charge in [0, 0.05) is 18.7 Å². The van der Waals surface area contributed by atoms with Crippen molar-refractivity contribution in [3.05, 3.63) is 12.2 Å². The SMILES string of the molecule is CCOC(=O)/C=C/CNC1CC(O)C1. The number of aliphatic hydroxyl groups excluding tert-OH is 1. The molecule has 0 heterocycles. The van der Waals surface area contributed by atoms with Crippen LogP contribution in [0.4, 0.5) is 0 Å². The first-order chi connectivity index (χ1) is 6.72. The van der Waals surface area contributed by atoms with Gasteiger partial charge in [-0.1, -0.05) is 6.08 Å². The van der Waals surface area contributed by atoms with Crippen LogP contribution in [0.3, 0.4) is 0 Å². The van der Waals surface area contributed by atoms with Crippen molar-refractivity contribution in [1.82, 2.24) is 5.32 Å². The molecule has 0 saturated heterocycles. The fourth-order valence-corrected chi connectivity index (χ4v) is 1.33. The van der Waals surface area contributed by atoms with Crippen molar-refractivity contribution in [2.24, 2.45) is 0 Å². The number of hydrogen-bond acceptors (Lipinski definition) is 4. The number of carbonyl (C=O) groups excluding carboxylic acids is 1. The van der Waals surface area contributed by atoms with Gasteiger partial charge >= 0.3 is 5.97 Å². The molecule has 0 radical (unpaired) electrons. The first kappa shape index (κ1) is 11.2. The molecule has 0 aromatic carbocycles. The lowest BCUT2D eigenvalue weighted by Gasteiger charge is -2.31. The molecule has 4 heteroatoms. The molecule has 1 rings (SSSR count). The molecule has 2 N–H and O–H groups in total. The fraction of sp³-hybridized carbons (Fsp3) is 0.700. The first-order valence-corrected chi connectivity index (χ1v) is 4.97. The predicted octanol–water partition coefficient (Wildman–Crippen LogP) is 0.219. The van der Waals surface area contributed by atoms with Crippen LogP contribution in [-0.4, -0.2) is 36.4 Å². The molecule has 1 aliphatic carbocycles. The Balaban J connectivity index is 2.00. The van der Waals surface area contributed by atoms with Crippen molar-refractivity contribution < 1.29 is 14.6 Å². The van der Waals surface area contributed by atoms with Gasteiger partial charge in [-0.15, -0.1) is 0 Å². The number of ether oxygens (including phenoxy) is 1. The van der Waals surface area contributed by atoms with Gasteiger partial charge in [-0.3, -0.25) is 0 Å². The molecule has 0 atom stereocenters. The lowest BCUT2D eigenvalue weighted by Crippen LogP contribution is -2.44. The highest BCUT2D eigenvalue weighted by Gasteiger charge is 2.25. The molecule has 0 bridgehead atoms. The van der Waals surface area contributed by atoms with Gasteiger partial charge in [0.2, 0.25) is 0 Å². The van der Waals surface area contributed by atoms with Gasteiger partial charge in [0.05, 0.1) is 12.7 Å². The Morgan fingerprint density at radius 3 is 2.93 bits per heavy atom. The number of nitrogens with one attached hydrogen (secondary N) is 1. The summed E-state index contributed by atoms with van der Waals surface area (Å²) in [5.74, 6) is -0.303. The predicted molar refractivity (Wildman–Crippen MR) is 52.8 cm³/mol. The number of rotatable bonds is 5. The van der Waals surface area contributed by atoms with Crippen molar-refractivity contribution in [3.8, 4) is 0 Å². The maximum absolute atomic E-state index is 10.8. The number of hydrogen-bond donors (Lipinski definition) is 2. The van der Waals surface area contributed by atoms with Crippen LogP contribution in [0, 0.1) is 0 Å². The standard InChI is InChI=1S/C10H17NO3/c1-2-14-10(13)4-3-5-11-8-6-9(12)7-8/h3-4,8-9,11-12H,2,5-7H2,1H3/b4-3+. The number of aliphatic hydroxyl groups is 1. The monoisotopic (exact) mass is 199 g/mol. The quantitative estimate of drug-likeness (QED) is 0.491. The van der Waals surface area contributed by atoms with E-state index >= 15 is 0 Å². The highest BCUT2D eigenvalue weighted by molar-refractivity contribution is 5.81. The molecule has 0 aromatic rings. The summed E-state index contributed by atoms with van der Waals surface area (Å²) in [6.07, 6.45) is 4.65. The molecule has 80 valence electrons. The minimum Gasteiger partial charge on any atom is -0.463 e. The molecule has 1 saturated carbocycles. The van der Waals surface area contributed by atoms with Gasteiger partial charge in [0.25, 0.3) is 0 Å². The second kappa shape index (κ2) is 5.78. The van der Waals surface area contributed by atoms with Gasteiger partial charge < -0.3 is 15.2 Å². The van der Waals surface area contributed by atoms with Crippen molar-refractivity contribution in [1.29, 1.82) is 0 Å². The van der Waals surface area contributed by atoms with Gasteiger partial charge in [-0.25, -0.2) is 4.79 Å². The molecular weight excluding hydrogens is 182 g/mol. The number of carbonyl (C=O) groups is 1. The highest BCUT2D eigenvalue weighted by atomic mass is 16.5. The zero-order valence-corrected chi connectivity index (χ0v) is 8.40. The van der Waals surface area contributed by atoms with Crippen LogP contribution in [-0.2, 0) is 9.53 Å². The minimum atomic E-state index is -0.303.